The standard InChI is InChI=1S/C11H17N3O3/c1-14-6-2-3-8(14)7-13-11(17)9(12)4-5-10(15)16/h2-3,6,9H,4-5,7,12H2,1H3,(H,13,17)(H,15,16). The first-order valence-corrected chi connectivity index (χ1v) is 5.36. The van der Waals surface area contributed by atoms with Gasteiger partial charge in [-0.2, -0.15) is 0 Å². The normalized spacial score (nSPS) is 12.1. The Balaban J connectivity index is 2.34. The van der Waals surface area contributed by atoms with Crippen molar-refractivity contribution < 1.29 is 14.7 Å². The van der Waals surface area contributed by atoms with Gasteiger partial charge in [0, 0.05) is 25.4 Å². The maximum absolute atomic E-state index is 11.5. The van der Waals surface area contributed by atoms with Crippen LogP contribution >= 0.6 is 0 Å². The monoisotopic (exact) mass is 239 g/mol. The molecule has 0 aromatic carbocycles. The Morgan fingerprint density at radius 1 is 1.59 bits per heavy atom. The number of carbonyl (C=O) groups excluding carboxylic acids is 1. The first-order chi connectivity index (χ1) is 8.00. The van der Waals surface area contributed by atoms with Gasteiger partial charge in [0.05, 0.1) is 12.6 Å². The highest BCUT2D eigenvalue weighted by Crippen LogP contribution is 2.00. The average molecular weight is 239 g/mol. The minimum absolute atomic E-state index is 0.0985. The lowest BCUT2D eigenvalue weighted by molar-refractivity contribution is -0.137. The summed E-state index contributed by atoms with van der Waals surface area (Å²) in [5.74, 6) is -1.27. The predicted octanol–water partition coefficient (Wildman–Crippen LogP) is -0.167. The summed E-state index contributed by atoms with van der Waals surface area (Å²) in [6.45, 7) is 0.392. The molecule has 6 heteroatoms. The van der Waals surface area contributed by atoms with Crippen LogP contribution in [-0.4, -0.2) is 27.6 Å². The van der Waals surface area contributed by atoms with Crippen LogP contribution in [0.3, 0.4) is 0 Å². The van der Waals surface area contributed by atoms with Crippen molar-refractivity contribution in [1.29, 1.82) is 0 Å². The molecule has 1 atom stereocenters. The molecule has 1 aromatic heterocycles. The van der Waals surface area contributed by atoms with Crippen LogP contribution in [0, 0.1) is 0 Å². The Bertz CT molecular complexity index is 400. The predicted molar refractivity (Wildman–Crippen MR) is 62.1 cm³/mol. The van der Waals surface area contributed by atoms with E-state index in [9.17, 15) is 9.59 Å². The highest BCUT2D eigenvalue weighted by atomic mass is 16.4. The largest absolute Gasteiger partial charge is 0.481 e. The van der Waals surface area contributed by atoms with E-state index in [2.05, 4.69) is 5.32 Å². The number of nitrogens with one attached hydrogen (secondary N) is 1. The van der Waals surface area contributed by atoms with Gasteiger partial charge < -0.3 is 20.7 Å². The third kappa shape index (κ3) is 4.28. The Labute approximate surface area is 99.4 Å². The van der Waals surface area contributed by atoms with Gasteiger partial charge in [0.2, 0.25) is 5.91 Å². The molecule has 0 bridgehead atoms. The van der Waals surface area contributed by atoms with Crippen LogP contribution < -0.4 is 11.1 Å². The summed E-state index contributed by atoms with van der Waals surface area (Å²) in [5, 5.41) is 11.1. The fraction of sp³-hybridized carbons (Fsp3) is 0.455. The molecular weight excluding hydrogens is 222 g/mol. The van der Waals surface area contributed by atoms with Gasteiger partial charge in [0.25, 0.3) is 0 Å². The van der Waals surface area contributed by atoms with Crippen LogP contribution in [0.1, 0.15) is 18.5 Å². The smallest absolute Gasteiger partial charge is 0.303 e. The molecule has 0 aliphatic heterocycles. The number of hydrogen-bond acceptors (Lipinski definition) is 3. The number of nitrogens with two attached hydrogens (primary N) is 1. The van der Waals surface area contributed by atoms with E-state index in [0.29, 0.717) is 6.54 Å². The van der Waals surface area contributed by atoms with Crippen molar-refractivity contribution in [2.24, 2.45) is 12.8 Å². The molecule has 0 spiro atoms. The quantitative estimate of drug-likeness (QED) is 0.642. The number of aliphatic carboxylic acids is 1. The number of aryl methyl sites for hydroxylation is 1. The first kappa shape index (κ1) is 13.2. The van der Waals surface area contributed by atoms with Gasteiger partial charge in [-0.3, -0.25) is 9.59 Å². The Kier molecular flexibility index (Phi) is 4.71. The van der Waals surface area contributed by atoms with Crippen LogP contribution in [0.25, 0.3) is 0 Å². The van der Waals surface area contributed by atoms with Crippen molar-refractivity contribution in [3.05, 3.63) is 24.0 Å². The fourth-order valence-corrected chi connectivity index (χ4v) is 1.40. The highest BCUT2D eigenvalue weighted by Gasteiger charge is 2.14. The van der Waals surface area contributed by atoms with Crippen LogP contribution in [0.4, 0.5) is 0 Å². The topological polar surface area (TPSA) is 97.4 Å². The lowest BCUT2D eigenvalue weighted by Gasteiger charge is -2.11. The summed E-state index contributed by atoms with van der Waals surface area (Å²) < 4.78 is 1.89. The number of carboxylic acid groups (broad SMARTS) is 1. The average Bonchev–Trinajstić information content (AvgIpc) is 2.68. The SMILES string of the molecule is Cn1cccc1CNC(=O)C(N)CCC(=O)O. The zero-order chi connectivity index (χ0) is 12.8. The summed E-state index contributed by atoms with van der Waals surface area (Å²) in [6.07, 6.45) is 1.93. The van der Waals surface area contributed by atoms with E-state index in [-0.39, 0.29) is 18.7 Å². The van der Waals surface area contributed by atoms with Gasteiger partial charge in [-0.05, 0) is 18.6 Å². The maximum Gasteiger partial charge on any atom is 0.303 e. The molecule has 0 aliphatic carbocycles. The van der Waals surface area contributed by atoms with Gasteiger partial charge in [0.15, 0.2) is 0 Å². The number of rotatable bonds is 6. The molecule has 0 radical (unpaired) electrons. The molecule has 4 N–H and O–H groups in total. The van der Waals surface area contributed by atoms with Gasteiger partial charge in [-0.25, -0.2) is 0 Å². The highest BCUT2D eigenvalue weighted by molar-refractivity contribution is 5.82. The zero-order valence-electron chi connectivity index (χ0n) is 9.72. The van der Waals surface area contributed by atoms with Gasteiger partial charge in [-0.15, -0.1) is 0 Å². The molecule has 1 rings (SSSR count). The molecule has 0 saturated carbocycles. The van der Waals surface area contributed by atoms with Gasteiger partial charge in [0.1, 0.15) is 0 Å². The van der Waals surface area contributed by atoms with E-state index in [1.807, 2.05) is 29.9 Å². The summed E-state index contributed by atoms with van der Waals surface area (Å²) >= 11 is 0. The fourth-order valence-electron chi connectivity index (χ4n) is 1.40. The third-order valence-corrected chi connectivity index (χ3v) is 2.50. The van der Waals surface area contributed by atoms with Crippen LogP contribution in [-0.2, 0) is 23.2 Å². The van der Waals surface area contributed by atoms with Crippen molar-refractivity contribution in [2.75, 3.05) is 0 Å². The number of nitrogens with zero attached hydrogens (tertiary/aromatic N) is 1. The molecule has 0 fully saturated rings. The second-order valence-electron chi connectivity index (χ2n) is 3.87. The molecule has 1 unspecified atom stereocenters. The van der Waals surface area contributed by atoms with Crippen molar-refractivity contribution in [2.45, 2.75) is 25.4 Å². The molecule has 6 nitrogen and oxygen atoms in total. The number of carbonyl (C=O) groups is 2. The van der Waals surface area contributed by atoms with E-state index in [4.69, 9.17) is 10.8 Å². The zero-order valence-corrected chi connectivity index (χ0v) is 9.72. The van der Waals surface area contributed by atoms with Crippen molar-refractivity contribution in [3.63, 3.8) is 0 Å². The van der Waals surface area contributed by atoms with Gasteiger partial charge >= 0.3 is 5.97 Å². The second kappa shape index (κ2) is 6.05. The molecule has 1 amide bonds. The minimum Gasteiger partial charge on any atom is -0.481 e. The van der Waals surface area contributed by atoms with E-state index in [1.165, 1.54) is 0 Å². The molecule has 1 heterocycles. The number of aromatic nitrogens is 1. The number of carboxylic acids is 1. The van der Waals surface area contributed by atoms with Crippen LogP contribution in [0.5, 0.6) is 0 Å². The van der Waals surface area contributed by atoms with E-state index in [0.717, 1.165) is 5.69 Å². The molecular formula is C11H17N3O3. The number of hydrogen-bond donors (Lipinski definition) is 3. The molecule has 1 aromatic rings. The molecule has 17 heavy (non-hydrogen) atoms. The van der Waals surface area contributed by atoms with Crippen LogP contribution in [0.2, 0.25) is 0 Å². The Morgan fingerprint density at radius 2 is 2.29 bits per heavy atom. The summed E-state index contributed by atoms with van der Waals surface area (Å²) in [5.41, 5.74) is 6.52. The maximum atomic E-state index is 11.5. The van der Waals surface area contributed by atoms with E-state index >= 15 is 0 Å². The van der Waals surface area contributed by atoms with E-state index in [1.54, 1.807) is 0 Å². The molecule has 0 saturated heterocycles. The van der Waals surface area contributed by atoms with Crippen LogP contribution in [0.15, 0.2) is 18.3 Å². The lowest BCUT2D eigenvalue weighted by atomic mass is 10.1. The van der Waals surface area contributed by atoms with Crippen molar-refractivity contribution in [1.82, 2.24) is 9.88 Å². The van der Waals surface area contributed by atoms with Crippen molar-refractivity contribution in [3.8, 4) is 0 Å². The second-order valence-corrected chi connectivity index (χ2v) is 3.87. The minimum atomic E-state index is -0.948. The van der Waals surface area contributed by atoms with Crippen molar-refractivity contribution >= 4 is 11.9 Å². The number of amides is 1. The molecule has 0 aliphatic rings. The summed E-state index contributed by atoms with van der Waals surface area (Å²) in [4.78, 5) is 21.8. The van der Waals surface area contributed by atoms with E-state index < -0.39 is 12.0 Å². The summed E-state index contributed by atoms with van der Waals surface area (Å²) in [6, 6.07) is 3.00. The molecule has 94 valence electrons. The lowest BCUT2D eigenvalue weighted by Crippen LogP contribution is -2.40. The third-order valence-electron chi connectivity index (χ3n) is 2.50. The Morgan fingerprint density at radius 3 is 2.82 bits per heavy atom. The summed E-state index contributed by atoms with van der Waals surface area (Å²) in [7, 11) is 1.88. The first-order valence-electron chi connectivity index (χ1n) is 5.36. The van der Waals surface area contributed by atoms with Gasteiger partial charge in [-0.1, -0.05) is 0 Å². The Hall–Kier alpha value is -1.82.